The molecule has 2 fully saturated rings. The molecule has 0 spiro atoms. The lowest BCUT2D eigenvalue weighted by Gasteiger charge is -2.37. The van der Waals surface area contributed by atoms with Crippen LogP contribution in [0.1, 0.15) is 44.9 Å². The quantitative estimate of drug-likeness (QED) is 0.767. The van der Waals surface area contributed by atoms with Crippen LogP contribution < -0.4 is 11.1 Å². The highest BCUT2D eigenvalue weighted by atomic mass is 16.2. The summed E-state index contributed by atoms with van der Waals surface area (Å²) >= 11 is 0. The molecular weight excluding hydrogens is 242 g/mol. The molecule has 0 bridgehead atoms. The summed E-state index contributed by atoms with van der Waals surface area (Å²) in [5, 5.41) is 2.91. The summed E-state index contributed by atoms with van der Waals surface area (Å²) in [6.07, 6.45) is 7.15. The molecule has 0 saturated heterocycles. The molecule has 0 aromatic carbocycles. The van der Waals surface area contributed by atoms with Crippen molar-refractivity contribution in [2.24, 2.45) is 11.1 Å². The van der Waals surface area contributed by atoms with Crippen LogP contribution in [0.25, 0.3) is 0 Å². The Morgan fingerprint density at radius 2 is 1.89 bits per heavy atom. The number of amides is 2. The molecule has 0 aromatic heterocycles. The minimum absolute atomic E-state index is 0.0423. The summed E-state index contributed by atoms with van der Waals surface area (Å²) < 4.78 is 0. The van der Waals surface area contributed by atoms with Crippen molar-refractivity contribution in [1.82, 2.24) is 10.2 Å². The van der Waals surface area contributed by atoms with Gasteiger partial charge in [-0.25, -0.2) is 0 Å². The molecule has 2 rings (SSSR count). The molecule has 108 valence electrons. The van der Waals surface area contributed by atoms with Gasteiger partial charge in [0.15, 0.2) is 0 Å². The minimum atomic E-state index is -0.424. The van der Waals surface area contributed by atoms with Crippen LogP contribution >= 0.6 is 0 Å². The number of nitrogens with one attached hydrogen (secondary N) is 1. The van der Waals surface area contributed by atoms with E-state index in [1.165, 1.54) is 6.42 Å². The fraction of sp³-hybridized carbons (Fsp3) is 0.857. The Hall–Kier alpha value is -1.10. The largest absolute Gasteiger partial charge is 0.352 e. The van der Waals surface area contributed by atoms with Gasteiger partial charge in [-0.15, -0.1) is 0 Å². The molecule has 2 aliphatic carbocycles. The van der Waals surface area contributed by atoms with E-state index in [0.29, 0.717) is 12.6 Å². The average Bonchev–Trinajstić information content (AvgIpc) is 3.22. The number of hydrogen-bond donors (Lipinski definition) is 2. The second-order valence-corrected chi connectivity index (χ2v) is 6.05. The monoisotopic (exact) mass is 267 g/mol. The van der Waals surface area contributed by atoms with Gasteiger partial charge in [-0.05, 0) is 25.7 Å². The Bertz CT molecular complexity index is 347. The summed E-state index contributed by atoms with van der Waals surface area (Å²) in [7, 11) is 1.71. The second kappa shape index (κ2) is 5.90. The van der Waals surface area contributed by atoms with Crippen molar-refractivity contribution in [3.05, 3.63) is 0 Å². The van der Waals surface area contributed by atoms with Gasteiger partial charge < -0.3 is 16.0 Å². The Labute approximate surface area is 114 Å². The predicted octanol–water partition coefficient (Wildman–Crippen LogP) is 0.633. The van der Waals surface area contributed by atoms with E-state index in [-0.39, 0.29) is 18.4 Å². The summed E-state index contributed by atoms with van der Waals surface area (Å²) in [5.74, 6) is -0.0121. The first-order chi connectivity index (χ1) is 9.07. The summed E-state index contributed by atoms with van der Waals surface area (Å²) in [6, 6.07) is 0.342. The van der Waals surface area contributed by atoms with Gasteiger partial charge in [0.25, 0.3) is 0 Å². The van der Waals surface area contributed by atoms with Crippen LogP contribution in [0.5, 0.6) is 0 Å². The molecule has 0 aromatic rings. The zero-order chi connectivity index (χ0) is 13.9. The van der Waals surface area contributed by atoms with E-state index < -0.39 is 5.41 Å². The lowest BCUT2D eigenvalue weighted by atomic mass is 9.73. The van der Waals surface area contributed by atoms with E-state index in [2.05, 4.69) is 5.32 Å². The van der Waals surface area contributed by atoms with Gasteiger partial charge >= 0.3 is 0 Å². The molecule has 5 nitrogen and oxygen atoms in total. The van der Waals surface area contributed by atoms with Crippen LogP contribution in [0.3, 0.4) is 0 Å². The van der Waals surface area contributed by atoms with Crippen LogP contribution in [0, 0.1) is 5.41 Å². The van der Waals surface area contributed by atoms with E-state index in [1.54, 1.807) is 11.9 Å². The Balaban J connectivity index is 1.90. The van der Waals surface area contributed by atoms with Crippen molar-refractivity contribution in [3.8, 4) is 0 Å². The molecular formula is C14H25N3O2. The topological polar surface area (TPSA) is 75.4 Å². The Kier molecular flexibility index (Phi) is 4.45. The highest BCUT2D eigenvalue weighted by Gasteiger charge is 2.40. The van der Waals surface area contributed by atoms with E-state index >= 15 is 0 Å². The van der Waals surface area contributed by atoms with Gasteiger partial charge in [0, 0.05) is 19.6 Å². The number of hydrogen-bond acceptors (Lipinski definition) is 3. The van der Waals surface area contributed by atoms with Crippen molar-refractivity contribution < 1.29 is 9.59 Å². The highest BCUT2D eigenvalue weighted by molar-refractivity contribution is 5.88. The van der Waals surface area contributed by atoms with Crippen LogP contribution in [-0.2, 0) is 9.59 Å². The number of nitrogens with zero attached hydrogens (tertiary/aromatic N) is 1. The Morgan fingerprint density at radius 1 is 1.26 bits per heavy atom. The maximum atomic E-state index is 12.6. The first kappa shape index (κ1) is 14.3. The third kappa shape index (κ3) is 3.47. The maximum Gasteiger partial charge on any atom is 0.239 e. The lowest BCUT2D eigenvalue weighted by Crippen LogP contribution is -2.50. The zero-order valence-corrected chi connectivity index (χ0v) is 11.8. The fourth-order valence-electron chi connectivity index (χ4n) is 2.93. The van der Waals surface area contributed by atoms with E-state index in [9.17, 15) is 9.59 Å². The van der Waals surface area contributed by atoms with Gasteiger partial charge in [0.1, 0.15) is 0 Å². The lowest BCUT2D eigenvalue weighted by molar-refractivity contribution is -0.144. The van der Waals surface area contributed by atoms with Crippen LogP contribution in [0.15, 0.2) is 0 Å². The number of carbonyl (C=O) groups is 2. The molecule has 0 aliphatic heterocycles. The first-order valence-electron chi connectivity index (χ1n) is 7.32. The standard InChI is InChI=1S/C14H25N3O2/c1-17(9-12(18)16-11-5-6-11)13(19)14(10-15)7-3-2-4-8-14/h11H,2-10,15H2,1H3,(H,16,18). The Morgan fingerprint density at radius 3 is 2.42 bits per heavy atom. The molecule has 0 unspecified atom stereocenters. The number of likely N-dealkylation sites (N-methyl/N-ethyl adjacent to an activating group) is 1. The van der Waals surface area contributed by atoms with E-state index in [0.717, 1.165) is 38.5 Å². The van der Waals surface area contributed by atoms with Gasteiger partial charge in [0.05, 0.1) is 12.0 Å². The third-order valence-electron chi connectivity index (χ3n) is 4.33. The van der Waals surface area contributed by atoms with Gasteiger partial charge in [0.2, 0.25) is 11.8 Å². The number of carbonyl (C=O) groups excluding carboxylic acids is 2. The molecule has 2 aliphatic rings. The average molecular weight is 267 g/mol. The number of rotatable bonds is 5. The van der Waals surface area contributed by atoms with Crippen molar-refractivity contribution in [2.45, 2.75) is 51.0 Å². The maximum absolute atomic E-state index is 12.6. The van der Waals surface area contributed by atoms with Crippen molar-refractivity contribution in [2.75, 3.05) is 20.1 Å². The molecule has 0 heterocycles. The molecule has 2 amide bonds. The zero-order valence-electron chi connectivity index (χ0n) is 11.8. The van der Waals surface area contributed by atoms with Crippen molar-refractivity contribution in [3.63, 3.8) is 0 Å². The van der Waals surface area contributed by atoms with Crippen LogP contribution in [0.4, 0.5) is 0 Å². The fourth-order valence-corrected chi connectivity index (χ4v) is 2.93. The molecule has 3 N–H and O–H groups in total. The molecule has 19 heavy (non-hydrogen) atoms. The predicted molar refractivity (Wildman–Crippen MR) is 73.4 cm³/mol. The molecule has 5 heteroatoms. The van der Waals surface area contributed by atoms with Crippen LogP contribution in [0.2, 0.25) is 0 Å². The molecule has 0 atom stereocenters. The van der Waals surface area contributed by atoms with E-state index in [1.807, 2.05) is 0 Å². The summed E-state index contributed by atoms with van der Waals surface area (Å²) in [4.78, 5) is 25.9. The van der Waals surface area contributed by atoms with Gasteiger partial charge in [-0.1, -0.05) is 19.3 Å². The SMILES string of the molecule is CN(CC(=O)NC1CC1)C(=O)C1(CN)CCCCC1. The van der Waals surface area contributed by atoms with Crippen molar-refractivity contribution >= 4 is 11.8 Å². The van der Waals surface area contributed by atoms with Crippen molar-refractivity contribution in [1.29, 1.82) is 0 Å². The normalized spacial score (nSPS) is 21.8. The first-order valence-corrected chi connectivity index (χ1v) is 7.32. The second-order valence-electron chi connectivity index (χ2n) is 6.05. The third-order valence-corrected chi connectivity index (χ3v) is 4.33. The van der Waals surface area contributed by atoms with Crippen LogP contribution in [-0.4, -0.2) is 42.9 Å². The van der Waals surface area contributed by atoms with Gasteiger partial charge in [-0.2, -0.15) is 0 Å². The number of nitrogens with two attached hydrogens (primary N) is 1. The smallest absolute Gasteiger partial charge is 0.239 e. The summed E-state index contributed by atoms with van der Waals surface area (Å²) in [5.41, 5.74) is 5.43. The van der Waals surface area contributed by atoms with Gasteiger partial charge in [-0.3, -0.25) is 9.59 Å². The summed E-state index contributed by atoms with van der Waals surface area (Å²) in [6.45, 7) is 0.539. The molecule has 0 radical (unpaired) electrons. The molecule has 2 saturated carbocycles. The highest BCUT2D eigenvalue weighted by Crippen LogP contribution is 2.36. The van der Waals surface area contributed by atoms with E-state index in [4.69, 9.17) is 5.73 Å². The minimum Gasteiger partial charge on any atom is -0.352 e.